The number of pyridine rings is 1. The molecule has 0 saturated carbocycles. The molecule has 0 aliphatic rings. The van der Waals surface area contributed by atoms with Crippen LogP contribution in [0.25, 0.3) is 44.4 Å². The van der Waals surface area contributed by atoms with Crippen LogP contribution in [0.15, 0.2) is 97.2 Å². The number of hydrogen-bond donors (Lipinski definition) is 0. The number of rotatable bonds is 9. The van der Waals surface area contributed by atoms with Gasteiger partial charge in [0.25, 0.3) is 0 Å². The first kappa shape index (κ1) is 33.4. The minimum absolute atomic E-state index is 0. The fraction of sp³-hybridized carbons (Fsp3) is 0.238. The Morgan fingerprint density at radius 2 is 1.46 bits per heavy atom. The van der Waals surface area contributed by atoms with Gasteiger partial charge in [-0.1, -0.05) is 75.7 Å². The number of hydrogen-bond acceptors (Lipinski definition) is 3. The van der Waals surface area contributed by atoms with Gasteiger partial charge >= 0.3 is 21.1 Å². The van der Waals surface area contributed by atoms with Gasteiger partial charge in [-0.15, -0.1) is 35.7 Å². The molecule has 6 heteroatoms. The van der Waals surface area contributed by atoms with Crippen LogP contribution in [0.2, 0.25) is 0 Å². The molecular formula is C42H40N4OPt. The molecule has 3 heterocycles. The van der Waals surface area contributed by atoms with E-state index in [1.165, 1.54) is 16.5 Å². The van der Waals surface area contributed by atoms with E-state index in [4.69, 9.17) is 14.8 Å². The summed E-state index contributed by atoms with van der Waals surface area (Å²) in [7, 11) is 0. The summed E-state index contributed by atoms with van der Waals surface area (Å²) in [5.41, 5.74) is 9.81. The Bertz CT molecular complexity index is 2210. The van der Waals surface area contributed by atoms with Crippen molar-refractivity contribution in [2.75, 3.05) is 0 Å². The Labute approximate surface area is 297 Å². The molecule has 7 aromatic rings. The van der Waals surface area contributed by atoms with Gasteiger partial charge in [-0.2, -0.15) is 17.2 Å². The number of aryl methyl sites for hydroxylation is 1. The van der Waals surface area contributed by atoms with Gasteiger partial charge in [-0.05, 0) is 84.5 Å². The van der Waals surface area contributed by atoms with Crippen LogP contribution < -0.4 is 4.74 Å². The molecule has 4 aromatic carbocycles. The van der Waals surface area contributed by atoms with Crippen LogP contribution in [0, 0.1) is 37.8 Å². The first-order chi connectivity index (χ1) is 22.7. The number of benzene rings is 4. The molecule has 48 heavy (non-hydrogen) atoms. The van der Waals surface area contributed by atoms with E-state index in [0.717, 1.165) is 63.3 Å². The van der Waals surface area contributed by atoms with Crippen LogP contribution in [-0.2, 0) is 33.9 Å². The molecule has 3 aromatic heterocycles. The molecule has 0 spiro atoms. The largest absolute Gasteiger partial charge is 2.00 e. The maximum atomic E-state index is 6.46. The molecule has 7 rings (SSSR count). The van der Waals surface area contributed by atoms with Crippen LogP contribution in [-0.4, -0.2) is 19.3 Å². The predicted octanol–water partition coefficient (Wildman–Crippen LogP) is 10.4. The fourth-order valence-electron chi connectivity index (χ4n) is 6.69. The quantitative estimate of drug-likeness (QED) is 0.136. The van der Waals surface area contributed by atoms with E-state index in [1.54, 1.807) is 0 Å². The molecule has 0 saturated heterocycles. The maximum Gasteiger partial charge on any atom is 2.00 e. The third-order valence-electron chi connectivity index (χ3n) is 8.60. The Hall–Kier alpha value is -4.47. The van der Waals surface area contributed by atoms with Crippen molar-refractivity contribution in [2.45, 2.75) is 54.4 Å². The summed E-state index contributed by atoms with van der Waals surface area (Å²) >= 11 is 0. The molecule has 0 unspecified atom stereocenters. The normalized spacial score (nSPS) is 11.5. The Kier molecular flexibility index (Phi) is 9.71. The second-order valence-corrected chi connectivity index (χ2v) is 13.3. The smallest absolute Gasteiger partial charge is 0.509 e. The SMILES string of the molecule is Cc1nn(-c2[c-]c(Oc3[c-]c4c(cc3)c3cc(CC(C)C)ccc3n4-c3cc(CC(C)C)ccn3)ccc2)c(C)c1-c1ccccc1.[Pt+2]. The zero-order valence-corrected chi connectivity index (χ0v) is 30.6. The van der Waals surface area contributed by atoms with E-state index in [1.807, 2.05) is 41.2 Å². The molecular weight excluding hydrogens is 772 g/mol. The first-order valence-corrected chi connectivity index (χ1v) is 16.5. The van der Waals surface area contributed by atoms with Gasteiger partial charge in [0.15, 0.2) is 0 Å². The van der Waals surface area contributed by atoms with Gasteiger partial charge in [0.05, 0.1) is 5.69 Å². The monoisotopic (exact) mass is 811 g/mol. The third-order valence-corrected chi connectivity index (χ3v) is 8.60. The Morgan fingerprint density at radius 1 is 0.729 bits per heavy atom. The second-order valence-electron chi connectivity index (χ2n) is 13.3. The fourth-order valence-corrected chi connectivity index (χ4v) is 6.69. The van der Waals surface area contributed by atoms with Crippen molar-refractivity contribution in [3.63, 3.8) is 0 Å². The number of fused-ring (bicyclic) bond motifs is 3. The zero-order chi connectivity index (χ0) is 32.7. The summed E-state index contributed by atoms with van der Waals surface area (Å²) < 4.78 is 10.6. The predicted molar refractivity (Wildman–Crippen MR) is 192 cm³/mol. The van der Waals surface area contributed by atoms with E-state index >= 15 is 0 Å². The maximum absolute atomic E-state index is 6.46. The van der Waals surface area contributed by atoms with Crippen LogP contribution in [0.1, 0.15) is 50.2 Å². The van der Waals surface area contributed by atoms with Gasteiger partial charge in [0.2, 0.25) is 0 Å². The average molecular weight is 812 g/mol. The third kappa shape index (κ3) is 6.62. The van der Waals surface area contributed by atoms with Crippen molar-refractivity contribution >= 4 is 21.8 Å². The van der Waals surface area contributed by atoms with Gasteiger partial charge in [0.1, 0.15) is 5.82 Å². The van der Waals surface area contributed by atoms with Crippen LogP contribution in [0.3, 0.4) is 0 Å². The summed E-state index contributed by atoms with van der Waals surface area (Å²) in [6, 6.07) is 38.7. The molecule has 5 nitrogen and oxygen atoms in total. The molecule has 0 radical (unpaired) electrons. The van der Waals surface area contributed by atoms with Crippen LogP contribution >= 0.6 is 0 Å². The summed E-state index contributed by atoms with van der Waals surface area (Å²) in [5.74, 6) is 3.24. The molecule has 0 aliphatic carbocycles. The molecule has 0 bridgehead atoms. The van der Waals surface area contributed by atoms with E-state index in [0.29, 0.717) is 23.3 Å². The van der Waals surface area contributed by atoms with E-state index in [9.17, 15) is 0 Å². The molecule has 244 valence electrons. The first-order valence-electron chi connectivity index (χ1n) is 16.5. The van der Waals surface area contributed by atoms with E-state index in [2.05, 4.69) is 119 Å². The van der Waals surface area contributed by atoms with Gasteiger partial charge in [-0.25, -0.2) is 4.98 Å². The molecule has 0 amide bonds. The van der Waals surface area contributed by atoms with Gasteiger partial charge in [0, 0.05) is 34.5 Å². The average Bonchev–Trinajstić information content (AvgIpc) is 3.53. The van der Waals surface area contributed by atoms with Crippen molar-refractivity contribution in [1.29, 1.82) is 0 Å². The molecule has 0 aliphatic heterocycles. The van der Waals surface area contributed by atoms with E-state index < -0.39 is 0 Å². The van der Waals surface area contributed by atoms with E-state index in [-0.39, 0.29) is 21.1 Å². The number of nitrogens with zero attached hydrogens (tertiary/aromatic N) is 4. The summed E-state index contributed by atoms with van der Waals surface area (Å²) in [6.45, 7) is 13.2. The zero-order valence-electron chi connectivity index (χ0n) is 28.3. The summed E-state index contributed by atoms with van der Waals surface area (Å²) in [4.78, 5) is 4.84. The molecule has 0 atom stereocenters. The second kappa shape index (κ2) is 13.9. The van der Waals surface area contributed by atoms with Crippen molar-refractivity contribution in [2.24, 2.45) is 11.8 Å². The standard InChI is InChI=1S/C42H40N4O.Pt/c1-27(2)21-31-15-18-39-38(23-31)37-17-16-36(26-40(37)45(39)41-24-32(19-20-43-41)22-28(3)4)47-35-14-10-13-34(25-35)46-30(6)42(29(5)44-46)33-11-8-7-9-12-33;/h7-20,23-24,27-28H,21-22H2,1-6H3;/q-2;+2. The van der Waals surface area contributed by atoms with Crippen LogP contribution in [0.5, 0.6) is 11.5 Å². The van der Waals surface area contributed by atoms with Crippen molar-refractivity contribution in [1.82, 2.24) is 19.3 Å². The van der Waals surface area contributed by atoms with Gasteiger partial charge < -0.3 is 9.30 Å². The molecule has 0 N–H and O–H groups in total. The van der Waals surface area contributed by atoms with Crippen LogP contribution in [0.4, 0.5) is 0 Å². The summed E-state index contributed by atoms with van der Waals surface area (Å²) in [6.07, 6.45) is 3.95. The Morgan fingerprint density at radius 3 is 2.21 bits per heavy atom. The van der Waals surface area contributed by atoms with Crippen molar-refractivity contribution in [3.8, 4) is 34.1 Å². The minimum atomic E-state index is 0. The summed E-state index contributed by atoms with van der Waals surface area (Å²) in [5, 5.41) is 7.20. The Balaban J connectivity index is 0.00000401. The molecule has 0 fully saturated rings. The van der Waals surface area contributed by atoms with Crippen molar-refractivity contribution < 1.29 is 25.8 Å². The minimum Gasteiger partial charge on any atom is -0.509 e. The van der Waals surface area contributed by atoms with Gasteiger partial charge in [-0.3, -0.25) is 4.68 Å². The number of aromatic nitrogens is 4. The number of ether oxygens (including phenoxy) is 1. The van der Waals surface area contributed by atoms with Crippen molar-refractivity contribution in [3.05, 3.63) is 132 Å². The topological polar surface area (TPSA) is 44.9 Å².